The van der Waals surface area contributed by atoms with Crippen LogP contribution in [0.5, 0.6) is 0 Å². The van der Waals surface area contributed by atoms with Crippen molar-refractivity contribution in [2.75, 3.05) is 33.2 Å². The average molecular weight is 313 g/mol. The van der Waals surface area contributed by atoms with Crippen molar-refractivity contribution in [2.45, 2.75) is 32.2 Å². The van der Waals surface area contributed by atoms with Crippen LogP contribution in [0.15, 0.2) is 23.1 Å². The van der Waals surface area contributed by atoms with Crippen LogP contribution in [0.4, 0.5) is 0 Å². The van der Waals surface area contributed by atoms with Crippen LogP contribution in [0.1, 0.15) is 25.0 Å². The van der Waals surface area contributed by atoms with Crippen molar-refractivity contribution in [3.05, 3.63) is 29.3 Å². The Balaban J connectivity index is 2.78. The predicted octanol–water partition coefficient (Wildman–Crippen LogP) is 1.33. The van der Waals surface area contributed by atoms with Crippen molar-refractivity contribution < 1.29 is 8.42 Å². The number of hydrogen-bond acceptors (Lipinski definition) is 4. The molecule has 21 heavy (non-hydrogen) atoms. The predicted molar refractivity (Wildman–Crippen MR) is 86.9 cm³/mol. The van der Waals surface area contributed by atoms with Crippen molar-refractivity contribution >= 4 is 10.0 Å². The molecule has 6 heteroatoms. The Morgan fingerprint density at radius 3 is 2.57 bits per heavy atom. The van der Waals surface area contributed by atoms with Crippen LogP contribution in [0.3, 0.4) is 0 Å². The molecular formula is C15H27N3O2S. The first-order valence-corrected chi connectivity index (χ1v) is 8.87. The van der Waals surface area contributed by atoms with E-state index in [1.807, 2.05) is 33.9 Å². The van der Waals surface area contributed by atoms with E-state index in [9.17, 15) is 8.42 Å². The Hall–Kier alpha value is -0.950. The van der Waals surface area contributed by atoms with Crippen LogP contribution in [0, 0.1) is 6.92 Å². The molecule has 1 aromatic rings. The summed E-state index contributed by atoms with van der Waals surface area (Å²) in [7, 11) is -1.47. The highest BCUT2D eigenvalue weighted by Gasteiger charge is 2.14. The molecule has 0 saturated carbocycles. The molecule has 0 amide bonds. The molecule has 0 radical (unpaired) electrons. The number of nitrogens with one attached hydrogen (secondary N) is 2. The van der Waals surface area contributed by atoms with Gasteiger partial charge in [-0.15, -0.1) is 0 Å². The molecule has 0 spiro atoms. The van der Waals surface area contributed by atoms with Gasteiger partial charge in [-0.2, -0.15) is 0 Å². The first-order valence-electron chi connectivity index (χ1n) is 7.39. The topological polar surface area (TPSA) is 61.4 Å². The number of rotatable bonds is 9. The van der Waals surface area contributed by atoms with Gasteiger partial charge in [-0.25, -0.2) is 13.1 Å². The zero-order chi connectivity index (χ0) is 15.9. The molecule has 0 aliphatic rings. The van der Waals surface area contributed by atoms with Gasteiger partial charge in [-0.05, 0) is 50.3 Å². The van der Waals surface area contributed by atoms with Crippen LogP contribution in [0.25, 0.3) is 0 Å². The fourth-order valence-corrected chi connectivity index (χ4v) is 2.95. The first kappa shape index (κ1) is 18.1. The maximum atomic E-state index is 12.3. The second-order valence-corrected chi connectivity index (χ2v) is 6.93. The zero-order valence-electron chi connectivity index (χ0n) is 13.4. The maximum Gasteiger partial charge on any atom is 0.240 e. The largest absolute Gasteiger partial charge is 0.313 e. The SMILES string of the molecule is CCNCc1cc(S(=O)(=O)NCCN(C)CC)ccc1C. The Bertz CT molecular complexity index is 544. The van der Waals surface area contributed by atoms with E-state index in [0.717, 1.165) is 24.2 Å². The average Bonchev–Trinajstić information content (AvgIpc) is 2.45. The van der Waals surface area contributed by atoms with Crippen LogP contribution >= 0.6 is 0 Å². The van der Waals surface area contributed by atoms with Gasteiger partial charge in [0.1, 0.15) is 0 Å². The molecule has 5 nitrogen and oxygen atoms in total. The van der Waals surface area contributed by atoms with Crippen molar-refractivity contribution in [3.8, 4) is 0 Å². The van der Waals surface area contributed by atoms with Crippen molar-refractivity contribution in [2.24, 2.45) is 0 Å². The summed E-state index contributed by atoms with van der Waals surface area (Å²) in [4.78, 5) is 2.40. The fraction of sp³-hybridized carbons (Fsp3) is 0.600. The molecule has 0 saturated heterocycles. The van der Waals surface area contributed by atoms with Gasteiger partial charge in [-0.1, -0.05) is 19.9 Å². The standard InChI is InChI=1S/C15H27N3O2S/c1-5-16-12-14-11-15(8-7-13(14)3)21(19,20)17-9-10-18(4)6-2/h7-8,11,16-17H,5-6,9-10,12H2,1-4H3. The third-order valence-electron chi connectivity index (χ3n) is 3.52. The number of nitrogens with zero attached hydrogens (tertiary/aromatic N) is 1. The fourth-order valence-electron chi connectivity index (χ4n) is 1.88. The summed E-state index contributed by atoms with van der Waals surface area (Å²) in [6.45, 7) is 9.63. The summed E-state index contributed by atoms with van der Waals surface area (Å²) in [6.07, 6.45) is 0. The number of benzene rings is 1. The minimum absolute atomic E-state index is 0.333. The summed E-state index contributed by atoms with van der Waals surface area (Å²) >= 11 is 0. The van der Waals surface area contributed by atoms with Gasteiger partial charge in [0, 0.05) is 19.6 Å². The second-order valence-electron chi connectivity index (χ2n) is 5.16. The van der Waals surface area contributed by atoms with Crippen molar-refractivity contribution in [1.82, 2.24) is 14.9 Å². The minimum atomic E-state index is -3.43. The molecule has 120 valence electrons. The van der Waals surface area contributed by atoms with Crippen LogP contribution in [-0.2, 0) is 16.6 Å². The van der Waals surface area contributed by atoms with Crippen molar-refractivity contribution in [3.63, 3.8) is 0 Å². The van der Waals surface area contributed by atoms with Gasteiger partial charge in [0.15, 0.2) is 0 Å². The molecule has 2 N–H and O–H groups in total. The zero-order valence-corrected chi connectivity index (χ0v) is 14.3. The van der Waals surface area contributed by atoms with Crippen LogP contribution in [0.2, 0.25) is 0 Å². The lowest BCUT2D eigenvalue weighted by Crippen LogP contribution is -2.33. The van der Waals surface area contributed by atoms with Crippen LogP contribution < -0.4 is 10.0 Å². The highest BCUT2D eigenvalue weighted by Crippen LogP contribution is 2.15. The quantitative estimate of drug-likeness (QED) is 0.722. The lowest BCUT2D eigenvalue weighted by atomic mass is 10.1. The van der Waals surface area contributed by atoms with E-state index in [2.05, 4.69) is 14.9 Å². The van der Waals surface area contributed by atoms with Crippen LogP contribution in [-0.4, -0.2) is 46.5 Å². The highest BCUT2D eigenvalue weighted by molar-refractivity contribution is 7.89. The third kappa shape index (κ3) is 5.74. The summed E-state index contributed by atoms with van der Waals surface area (Å²) in [5, 5.41) is 3.23. The Morgan fingerprint density at radius 2 is 1.95 bits per heavy atom. The molecule has 1 rings (SSSR count). The molecule has 0 bridgehead atoms. The van der Waals surface area contributed by atoms with Gasteiger partial charge >= 0.3 is 0 Å². The summed E-state index contributed by atoms with van der Waals surface area (Å²) in [6, 6.07) is 5.28. The maximum absolute atomic E-state index is 12.3. The van der Waals surface area contributed by atoms with Gasteiger partial charge < -0.3 is 10.2 Å². The number of aryl methyl sites for hydroxylation is 1. The van der Waals surface area contributed by atoms with E-state index < -0.39 is 10.0 Å². The molecule has 0 aliphatic carbocycles. The number of likely N-dealkylation sites (N-methyl/N-ethyl adjacent to an activating group) is 1. The lowest BCUT2D eigenvalue weighted by Gasteiger charge is -2.15. The summed E-state index contributed by atoms with van der Waals surface area (Å²) in [5.74, 6) is 0. The molecular weight excluding hydrogens is 286 g/mol. The van der Waals surface area contributed by atoms with E-state index in [-0.39, 0.29) is 0 Å². The molecule has 0 fully saturated rings. The van der Waals surface area contributed by atoms with E-state index in [1.54, 1.807) is 12.1 Å². The van der Waals surface area contributed by atoms with E-state index in [4.69, 9.17) is 0 Å². The second kappa shape index (κ2) is 8.48. The van der Waals surface area contributed by atoms with Crippen molar-refractivity contribution in [1.29, 1.82) is 0 Å². The Morgan fingerprint density at radius 1 is 1.24 bits per heavy atom. The van der Waals surface area contributed by atoms with E-state index in [0.29, 0.717) is 24.5 Å². The Labute approximate surface area is 128 Å². The van der Waals surface area contributed by atoms with Gasteiger partial charge in [0.05, 0.1) is 4.90 Å². The smallest absolute Gasteiger partial charge is 0.240 e. The first-order chi connectivity index (χ1) is 9.90. The van der Waals surface area contributed by atoms with E-state index >= 15 is 0 Å². The van der Waals surface area contributed by atoms with Gasteiger partial charge in [0.25, 0.3) is 0 Å². The molecule has 0 unspecified atom stereocenters. The summed E-state index contributed by atoms with van der Waals surface area (Å²) < 4.78 is 27.2. The van der Waals surface area contributed by atoms with E-state index in [1.165, 1.54) is 0 Å². The third-order valence-corrected chi connectivity index (χ3v) is 4.98. The minimum Gasteiger partial charge on any atom is -0.313 e. The molecule has 1 aromatic carbocycles. The Kier molecular flexibility index (Phi) is 7.31. The molecule has 0 heterocycles. The molecule has 0 aliphatic heterocycles. The highest BCUT2D eigenvalue weighted by atomic mass is 32.2. The lowest BCUT2D eigenvalue weighted by molar-refractivity contribution is 0.358. The summed E-state index contributed by atoms with van der Waals surface area (Å²) in [5.41, 5.74) is 2.12. The van der Waals surface area contributed by atoms with Gasteiger partial charge in [0.2, 0.25) is 10.0 Å². The number of sulfonamides is 1. The molecule has 0 atom stereocenters. The molecule has 0 aromatic heterocycles. The normalized spacial score (nSPS) is 12.0. The number of hydrogen-bond donors (Lipinski definition) is 2. The van der Waals surface area contributed by atoms with Gasteiger partial charge in [-0.3, -0.25) is 0 Å². The monoisotopic (exact) mass is 313 g/mol.